The number of nitrogens with zero attached hydrogens (tertiary/aromatic N) is 2. The zero-order chi connectivity index (χ0) is 13.2. The van der Waals surface area contributed by atoms with Crippen molar-refractivity contribution in [2.45, 2.75) is 31.3 Å². The molecule has 2 aliphatic heterocycles. The molecule has 0 aliphatic carbocycles. The molecule has 106 valence electrons. The van der Waals surface area contributed by atoms with Gasteiger partial charge in [-0.2, -0.15) is 0 Å². The van der Waals surface area contributed by atoms with Gasteiger partial charge in [0.2, 0.25) is 0 Å². The molecule has 0 aromatic carbocycles. The van der Waals surface area contributed by atoms with Crippen LogP contribution in [0.1, 0.15) is 19.3 Å². The Kier molecular flexibility index (Phi) is 4.64. The lowest BCUT2D eigenvalue weighted by atomic mass is 10.0. The van der Waals surface area contributed by atoms with E-state index >= 15 is 0 Å². The minimum absolute atomic E-state index is 0.282. The SMILES string of the molecule is CS(=O)(=O)CCN1CCC(N2CCC(N)CC2)C1. The normalized spacial score (nSPS) is 28.9. The number of nitrogens with two attached hydrogens (primary N) is 1. The van der Waals surface area contributed by atoms with Crippen LogP contribution in [0, 0.1) is 0 Å². The first-order valence-electron chi connectivity index (χ1n) is 6.84. The van der Waals surface area contributed by atoms with Gasteiger partial charge in [-0.1, -0.05) is 0 Å². The van der Waals surface area contributed by atoms with Crippen LogP contribution >= 0.6 is 0 Å². The third-order valence-corrected chi connectivity index (χ3v) is 5.04. The Morgan fingerprint density at radius 1 is 1.17 bits per heavy atom. The lowest BCUT2D eigenvalue weighted by molar-refractivity contribution is 0.153. The van der Waals surface area contributed by atoms with Gasteiger partial charge in [0.15, 0.2) is 0 Å². The molecule has 2 heterocycles. The van der Waals surface area contributed by atoms with E-state index in [1.54, 1.807) is 0 Å². The summed E-state index contributed by atoms with van der Waals surface area (Å²) in [6.45, 7) is 4.94. The summed E-state index contributed by atoms with van der Waals surface area (Å²) >= 11 is 0. The topological polar surface area (TPSA) is 66.6 Å². The van der Waals surface area contributed by atoms with Crippen LogP contribution in [0.4, 0.5) is 0 Å². The van der Waals surface area contributed by atoms with Crippen LogP contribution in [-0.4, -0.2) is 75.0 Å². The molecule has 0 radical (unpaired) electrons. The maximum atomic E-state index is 11.2. The van der Waals surface area contributed by atoms with Crippen molar-refractivity contribution in [1.29, 1.82) is 0 Å². The number of hydrogen-bond acceptors (Lipinski definition) is 5. The third kappa shape index (κ3) is 4.19. The first kappa shape index (κ1) is 14.2. The summed E-state index contributed by atoms with van der Waals surface area (Å²) in [6.07, 6.45) is 4.67. The van der Waals surface area contributed by atoms with Gasteiger partial charge in [0.05, 0.1) is 5.75 Å². The number of piperidine rings is 1. The molecule has 2 rings (SSSR count). The molecule has 2 saturated heterocycles. The second-order valence-electron chi connectivity index (χ2n) is 5.75. The number of likely N-dealkylation sites (tertiary alicyclic amines) is 2. The van der Waals surface area contributed by atoms with E-state index in [2.05, 4.69) is 9.80 Å². The Morgan fingerprint density at radius 2 is 1.83 bits per heavy atom. The summed E-state index contributed by atoms with van der Waals surface area (Å²) in [5.74, 6) is 0.282. The van der Waals surface area contributed by atoms with E-state index in [4.69, 9.17) is 5.73 Å². The predicted octanol–water partition coefficient (Wildman–Crippen LogP) is -0.472. The molecule has 2 aliphatic rings. The van der Waals surface area contributed by atoms with Crippen molar-refractivity contribution < 1.29 is 8.42 Å². The lowest BCUT2D eigenvalue weighted by Gasteiger charge is -2.34. The van der Waals surface area contributed by atoms with E-state index in [0.29, 0.717) is 18.6 Å². The lowest BCUT2D eigenvalue weighted by Crippen LogP contribution is -2.46. The number of rotatable bonds is 4. The average Bonchev–Trinajstić information content (AvgIpc) is 2.75. The fourth-order valence-corrected chi connectivity index (χ4v) is 3.48. The summed E-state index contributed by atoms with van der Waals surface area (Å²) in [7, 11) is -2.83. The largest absolute Gasteiger partial charge is 0.328 e. The molecule has 0 amide bonds. The molecule has 18 heavy (non-hydrogen) atoms. The second-order valence-corrected chi connectivity index (χ2v) is 8.01. The quantitative estimate of drug-likeness (QED) is 0.751. The standard InChI is InChI=1S/C12H25N3O2S/c1-18(16,17)9-8-14-5-4-12(10-14)15-6-2-11(13)3-7-15/h11-12H,2-10,13H2,1H3. The monoisotopic (exact) mass is 275 g/mol. The molecule has 2 fully saturated rings. The van der Waals surface area contributed by atoms with Crippen LogP contribution in [0.5, 0.6) is 0 Å². The van der Waals surface area contributed by atoms with Crippen molar-refractivity contribution in [3.8, 4) is 0 Å². The molecule has 0 aromatic rings. The molecular formula is C12H25N3O2S. The molecule has 0 aromatic heterocycles. The van der Waals surface area contributed by atoms with E-state index in [1.807, 2.05) is 0 Å². The van der Waals surface area contributed by atoms with E-state index in [9.17, 15) is 8.42 Å². The Hall–Kier alpha value is -0.170. The van der Waals surface area contributed by atoms with E-state index < -0.39 is 9.84 Å². The van der Waals surface area contributed by atoms with Gasteiger partial charge in [0, 0.05) is 31.4 Å². The maximum absolute atomic E-state index is 11.2. The molecule has 1 unspecified atom stereocenters. The van der Waals surface area contributed by atoms with E-state index in [0.717, 1.165) is 39.0 Å². The number of sulfone groups is 1. The highest BCUT2D eigenvalue weighted by Gasteiger charge is 2.29. The Morgan fingerprint density at radius 3 is 2.44 bits per heavy atom. The van der Waals surface area contributed by atoms with Crippen LogP contribution in [0.3, 0.4) is 0 Å². The molecule has 5 nitrogen and oxygen atoms in total. The summed E-state index contributed by atoms with van der Waals surface area (Å²) in [5, 5.41) is 0. The van der Waals surface area contributed by atoms with Gasteiger partial charge < -0.3 is 10.6 Å². The highest BCUT2D eigenvalue weighted by atomic mass is 32.2. The molecule has 0 spiro atoms. The Bertz CT molecular complexity index is 364. The number of hydrogen-bond donors (Lipinski definition) is 1. The highest BCUT2D eigenvalue weighted by Crippen LogP contribution is 2.19. The van der Waals surface area contributed by atoms with Gasteiger partial charge in [0.1, 0.15) is 9.84 Å². The summed E-state index contributed by atoms with van der Waals surface area (Å²) in [4.78, 5) is 4.81. The Balaban J connectivity index is 1.74. The first-order valence-corrected chi connectivity index (χ1v) is 8.90. The zero-order valence-corrected chi connectivity index (χ0v) is 12.0. The zero-order valence-electron chi connectivity index (χ0n) is 11.2. The van der Waals surface area contributed by atoms with Gasteiger partial charge in [-0.15, -0.1) is 0 Å². The van der Waals surface area contributed by atoms with Gasteiger partial charge in [-0.05, 0) is 38.9 Å². The van der Waals surface area contributed by atoms with Crippen LogP contribution < -0.4 is 5.73 Å². The van der Waals surface area contributed by atoms with Gasteiger partial charge >= 0.3 is 0 Å². The van der Waals surface area contributed by atoms with Gasteiger partial charge in [-0.3, -0.25) is 4.90 Å². The second kappa shape index (κ2) is 5.86. The maximum Gasteiger partial charge on any atom is 0.148 e. The van der Waals surface area contributed by atoms with Crippen LogP contribution in [-0.2, 0) is 9.84 Å². The molecule has 1 atom stereocenters. The molecule has 0 saturated carbocycles. The van der Waals surface area contributed by atoms with Crippen molar-refractivity contribution >= 4 is 9.84 Å². The van der Waals surface area contributed by atoms with Crippen molar-refractivity contribution in [3.63, 3.8) is 0 Å². The van der Waals surface area contributed by atoms with Gasteiger partial charge in [0.25, 0.3) is 0 Å². The average molecular weight is 275 g/mol. The summed E-state index contributed by atoms with van der Waals surface area (Å²) in [5.41, 5.74) is 5.91. The molecule has 6 heteroatoms. The van der Waals surface area contributed by atoms with Crippen molar-refractivity contribution in [1.82, 2.24) is 9.80 Å². The summed E-state index contributed by atoms with van der Waals surface area (Å²) in [6, 6.07) is 0.987. The molecular weight excluding hydrogens is 250 g/mol. The van der Waals surface area contributed by atoms with E-state index in [-0.39, 0.29) is 5.75 Å². The third-order valence-electron chi connectivity index (χ3n) is 4.12. The minimum Gasteiger partial charge on any atom is -0.328 e. The fourth-order valence-electron chi connectivity index (χ4n) is 2.89. The van der Waals surface area contributed by atoms with Crippen molar-refractivity contribution in [2.75, 3.05) is 44.7 Å². The summed E-state index contributed by atoms with van der Waals surface area (Å²) < 4.78 is 22.3. The molecule has 0 bridgehead atoms. The van der Waals surface area contributed by atoms with Crippen molar-refractivity contribution in [2.24, 2.45) is 5.73 Å². The Labute approximate surface area is 110 Å². The predicted molar refractivity (Wildman–Crippen MR) is 73.3 cm³/mol. The van der Waals surface area contributed by atoms with E-state index in [1.165, 1.54) is 12.7 Å². The minimum atomic E-state index is -2.83. The van der Waals surface area contributed by atoms with Crippen LogP contribution in [0.2, 0.25) is 0 Å². The van der Waals surface area contributed by atoms with Gasteiger partial charge in [-0.25, -0.2) is 8.42 Å². The first-order chi connectivity index (χ1) is 8.44. The van der Waals surface area contributed by atoms with Crippen molar-refractivity contribution in [3.05, 3.63) is 0 Å². The van der Waals surface area contributed by atoms with Crippen LogP contribution in [0.25, 0.3) is 0 Å². The highest BCUT2D eigenvalue weighted by molar-refractivity contribution is 7.90. The molecule has 2 N–H and O–H groups in total. The smallest absolute Gasteiger partial charge is 0.148 e. The van der Waals surface area contributed by atoms with Crippen LogP contribution in [0.15, 0.2) is 0 Å². The fraction of sp³-hybridized carbons (Fsp3) is 1.00.